The number of carboxylic acids is 1. The van der Waals surface area contributed by atoms with Crippen molar-refractivity contribution in [3.05, 3.63) is 35.3 Å². The summed E-state index contributed by atoms with van der Waals surface area (Å²) in [6.45, 7) is 1.81. The number of thioether (sulfide) groups is 2. The van der Waals surface area contributed by atoms with E-state index in [4.69, 9.17) is 0 Å². The number of aliphatic carboxylic acids is 1. The molecule has 1 aromatic heterocycles. The van der Waals surface area contributed by atoms with Crippen LogP contribution in [0.2, 0.25) is 0 Å². The number of amides is 1. The normalized spacial score (nSPS) is 26.7. The minimum absolute atomic E-state index is 0.00950. The molecule has 1 aromatic carbocycles. The summed E-state index contributed by atoms with van der Waals surface area (Å²) in [5.74, 6) is -1.08. The van der Waals surface area contributed by atoms with E-state index in [1.807, 2.05) is 6.92 Å². The molecule has 3 atom stereocenters. The van der Waals surface area contributed by atoms with Gasteiger partial charge in [0.15, 0.2) is 19.4 Å². The summed E-state index contributed by atoms with van der Waals surface area (Å²) in [6.07, 6.45) is 0. The van der Waals surface area contributed by atoms with Gasteiger partial charge in [-0.25, -0.2) is 8.42 Å². The van der Waals surface area contributed by atoms with Crippen molar-refractivity contribution in [1.29, 1.82) is 0 Å². The Labute approximate surface area is 180 Å². The van der Waals surface area contributed by atoms with Crippen molar-refractivity contribution in [1.82, 2.24) is 15.1 Å². The molecule has 0 bridgehead atoms. The van der Waals surface area contributed by atoms with E-state index in [-0.39, 0.29) is 22.9 Å². The molecule has 2 fully saturated rings. The number of sulfone groups is 1. The fourth-order valence-corrected chi connectivity index (χ4v) is 9.26. The first-order valence-corrected chi connectivity index (χ1v) is 13.0. The van der Waals surface area contributed by atoms with Crippen LogP contribution in [0.4, 0.5) is 0 Å². The Bertz CT molecular complexity index is 1060. The molecule has 3 heterocycles. The highest BCUT2D eigenvalue weighted by molar-refractivity contribution is 8.02. The molecule has 4 rings (SSSR count). The Morgan fingerprint density at radius 1 is 1.34 bits per heavy atom. The summed E-state index contributed by atoms with van der Waals surface area (Å²) in [5.41, 5.74) is -1.16. The van der Waals surface area contributed by atoms with Crippen LogP contribution in [0.15, 0.2) is 39.6 Å². The molecule has 29 heavy (non-hydrogen) atoms. The number of hydrogen-bond acceptors (Lipinski definition) is 9. The number of rotatable bonds is 6. The summed E-state index contributed by atoms with van der Waals surface area (Å²) in [5, 5.41) is 16.9. The Balaban J connectivity index is 1.52. The molecule has 12 heteroatoms. The van der Waals surface area contributed by atoms with Gasteiger partial charge in [-0.2, -0.15) is 0 Å². The zero-order valence-corrected chi connectivity index (χ0v) is 18.5. The van der Waals surface area contributed by atoms with Gasteiger partial charge in [0.25, 0.3) is 0 Å². The predicted molar refractivity (Wildman–Crippen MR) is 111 cm³/mol. The van der Waals surface area contributed by atoms with Gasteiger partial charge in [0.05, 0.1) is 4.90 Å². The van der Waals surface area contributed by atoms with Crippen LogP contribution in [0.1, 0.15) is 5.01 Å². The number of fused-ring (bicyclic) bond motifs is 1. The number of aryl methyl sites for hydroxylation is 1. The molecular formula is C17H17N3O5S4. The highest BCUT2D eigenvalue weighted by Gasteiger charge is 2.61. The van der Waals surface area contributed by atoms with Gasteiger partial charge in [-0.15, -0.1) is 22.0 Å². The second-order valence-electron chi connectivity index (χ2n) is 6.91. The van der Waals surface area contributed by atoms with E-state index in [2.05, 4.69) is 10.2 Å². The largest absolute Gasteiger partial charge is 0.481 e. The van der Waals surface area contributed by atoms with Gasteiger partial charge in [-0.05, 0) is 19.1 Å². The Morgan fingerprint density at radius 3 is 2.69 bits per heavy atom. The van der Waals surface area contributed by atoms with Crippen LogP contribution in [-0.4, -0.2) is 69.2 Å². The molecule has 0 saturated carbocycles. The summed E-state index contributed by atoms with van der Waals surface area (Å²) < 4.78 is 26.5. The van der Waals surface area contributed by atoms with Crippen molar-refractivity contribution in [3.63, 3.8) is 0 Å². The van der Waals surface area contributed by atoms with E-state index in [1.54, 1.807) is 18.2 Å². The SMILES string of the molecule is Cc1nnc(SCC2(C(=O)O)CS[C@@H]3C(S(=O)(=O)c4ccccc4)C(=O)N3C2)s1. The summed E-state index contributed by atoms with van der Waals surface area (Å²) in [7, 11) is -3.81. The zero-order valence-electron chi connectivity index (χ0n) is 15.2. The zero-order chi connectivity index (χ0) is 20.8. The Kier molecular flexibility index (Phi) is 5.38. The first kappa shape index (κ1) is 20.6. The minimum Gasteiger partial charge on any atom is -0.481 e. The van der Waals surface area contributed by atoms with Crippen LogP contribution in [0.5, 0.6) is 0 Å². The molecule has 0 aliphatic carbocycles. The Hall–Kier alpha value is -1.63. The minimum atomic E-state index is -3.81. The van der Waals surface area contributed by atoms with Gasteiger partial charge in [-0.1, -0.05) is 41.3 Å². The average molecular weight is 472 g/mol. The number of aromatic nitrogens is 2. The highest BCUT2D eigenvalue weighted by atomic mass is 32.2. The number of nitrogens with zero attached hydrogens (tertiary/aromatic N) is 3. The van der Waals surface area contributed by atoms with Crippen molar-refractivity contribution in [2.75, 3.05) is 18.1 Å². The number of hydrogen-bond donors (Lipinski definition) is 1. The molecule has 2 aliphatic heterocycles. The van der Waals surface area contributed by atoms with Crippen molar-refractivity contribution in [2.24, 2.45) is 5.41 Å². The number of β-lactam (4-membered cyclic amide) rings is 1. The highest BCUT2D eigenvalue weighted by Crippen LogP contribution is 2.47. The van der Waals surface area contributed by atoms with E-state index in [9.17, 15) is 23.1 Å². The summed E-state index contributed by atoms with van der Waals surface area (Å²) >= 11 is 3.91. The van der Waals surface area contributed by atoms with E-state index in [0.717, 1.165) is 5.01 Å². The van der Waals surface area contributed by atoms with Gasteiger partial charge in [0.2, 0.25) is 5.91 Å². The van der Waals surface area contributed by atoms with E-state index in [1.165, 1.54) is 51.9 Å². The predicted octanol–water partition coefficient (Wildman–Crippen LogP) is 1.77. The van der Waals surface area contributed by atoms with Crippen LogP contribution < -0.4 is 0 Å². The molecule has 2 saturated heterocycles. The maximum absolute atomic E-state index is 12.9. The molecule has 154 valence electrons. The van der Waals surface area contributed by atoms with Gasteiger partial charge in [-0.3, -0.25) is 9.59 Å². The second-order valence-corrected chi connectivity index (χ2v) is 12.5. The van der Waals surface area contributed by atoms with E-state index in [0.29, 0.717) is 4.34 Å². The summed E-state index contributed by atoms with van der Waals surface area (Å²) in [6, 6.07) is 7.89. The first-order valence-electron chi connectivity index (χ1n) is 8.62. The lowest BCUT2D eigenvalue weighted by Crippen LogP contribution is -2.71. The van der Waals surface area contributed by atoms with Crippen LogP contribution in [0, 0.1) is 12.3 Å². The number of carbonyl (C=O) groups is 2. The van der Waals surface area contributed by atoms with E-state index < -0.39 is 37.8 Å². The standard InChI is InChI=1S/C17H17N3O5S4/c1-10-18-19-16(28-10)27-9-17(15(22)23)7-20-13(21)12(14(20)26-8-17)29(24,25)11-5-3-2-4-6-11/h2-6,12,14H,7-9H2,1H3,(H,22,23)/t12?,14-,17?/m1/s1. The Morgan fingerprint density at radius 2 is 2.07 bits per heavy atom. The molecule has 0 spiro atoms. The number of carbonyl (C=O) groups excluding carboxylic acids is 1. The maximum Gasteiger partial charge on any atom is 0.313 e. The van der Waals surface area contributed by atoms with E-state index >= 15 is 0 Å². The van der Waals surface area contributed by atoms with Gasteiger partial charge in [0.1, 0.15) is 15.8 Å². The molecule has 0 radical (unpaired) electrons. The van der Waals surface area contributed by atoms with Crippen LogP contribution >= 0.6 is 34.9 Å². The second kappa shape index (κ2) is 7.56. The third-order valence-electron chi connectivity index (χ3n) is 4.94. The maximum atomic E-state index is 12.9. The van der Waals surface area contributed by atoms with Gasteiger partial charge < -0.3 is 10.0 Å². The van der Waals surface area contributed by atoms with Crippen LogP contribution in [0.25, 0.3) is 0 Å². The van der Waals surface area contributed by atoms with Crippen molar-refractivity contribution < 1.29 is 23.1 Å². The lowest BCUT2D eigenvalue weighted by Gasteiger charge is -2.53. The number of benzene rings is 1. The smallest absolute Gasteiger partial charge is 0.313 e. The quantitative estimate of drug-likeness (QED) is 0.497. The molecule has 1 N–H and O–H groups in total. The monoisotopic (exact) mass is 471 g/mol. The van der Waals surface area contributed by atoms with Crippen molar-refractivity contribution in [3.8, 4) is 0 Å². The molecular weight excluding hydrogens is 454 g/mol. The molecule has 1 amide bonds. The molecule has 8 nitrogen and oxygen atoms in total. The third kappa shape index (κ3) is 3.56. The lowest BCUT2D eigenvalue weighted by molar-refractivity contribution is -0.153. The topological polar surface area (TPSA) is 118 Å². The van der Waals surface area contributed by atoms with Gasteiger partial charge >= 0.3 is 5.97 Å². The molecule has 2 aromatic rings. The fraction of sp³-hybridized carbons (Fsp3) is 0.412. The third-order valence-corrected chi connectivity index (χ3v) is 11.0. The molecule has 2 aliphatic rings. The van der Waals surface area contributed by atoms with Crippen LogP contribution in [-0.2, 0) is 19.4 Å². The lowest BCUT2D eigenvalue weighted by atomic mass is 9.90. The first-order chi connectivity index (χ1) is 13.7. The number of carboxylic acid groups (broad SMARTS) is 1. The fourth-order valence-electron chi connectivity index (χ4n) is 3.31. The van der Waals surface area contributed by atoms with Crippen LogP contribution in [0.3, 0.4) is 0 Å². The van der Waals surface area contributed by atoms with Crippen molar-refractivity contribution in [2.45, 2.75) is 26.8 Å². The molecule has 2 unspecified atom stereocenters. The van der Waals surface area contributed by atoms with Gasteiger partial charge in [0, 0.05) is 18.1 Å². The summed E-state index contributed by atoms with van der Waals surface area (Å²) in [4.78, 5) is 26.3. The van der Waals surface area contributed by atoms with Crippen molar-refractivity contribution >= 4 is 56.6 Å². The average Bonchev–Trinajstić information content (AvgIpc) is 3.12.